The first-order valence-electron chi connectivity index (χ1n) is 9.98. The van der Waals surface area contributed by atoms with Crippen LogP contribution in [-0.2, 0) is 21.4 Å². The Bertz CT molecular complexity index is 1180. The average molecular weight is 461 g/mol. The molecule has 3 aromatic rings. The van der Waals surface area contributed by atoms with E-state index >= 15 is 0 Å². The number of aromatic nitrogens is 2. The quantitative estimate of drug-likeness (QED) is 0.561. The van der Waals surface area contributed by atoms with E-state index in [4.69, 9.17) is 4.74 Å². The minimum Gasteiger partial charge on any atom is -0.497 e. The first-order valence-corrected chi connectivity index (χ1v) is 12.6. The molecule has 10 heteroatoms. The number of nitrogens with zero attached hydrogens (tertiary/aromatic N) is 4. The molecule has 0 bridgehead atoms. The summed E-state index contributed by atoms with van der Waals surface area (Å²) in [6.07, 6.45) is 6.58. The van der Waals surface area contributed by atoms with Gasteiger partial charge < -0.3 is 4.74 Å². The molecular weight excluding hydrogens is 436 g/mol. The topological polar surface area (TPSA) is 92.7 Å². The molecule has 4 rings (SSSR count). The second-order valence-electron chi connectivity index (χ2n) is 7.50. The SMILES string of the molecule is COc1ccc2nc(N(Cc3cccnc3)C(=O)C3CCCCN3S(C)(=O)=O)sc2c1. The van der Waals surface area contributed by atoms with Crippen molar-refractivity contribution in [1.82, 2.24) is 14.3 Å². The van der Waals surface area contributed by atoms with Gasteiger partial charge in [0.05, 0.1) is 30.1 Å². The molecule has 1 atom stereocenters. The van der Waals surface area contributed by atoms with E-state index in [9.17, 15) is 13.2 Å². The average Bonchev–Trinajstić information content (AvgIpc) is 3.20. The normalized spacial score (nSPS) is 17.5. The van der Waals surface area contributed by atoms with Crippen molar-refractivity contribution < 1.29 is 17.9 Å². The van der Waals surface area contributed by atoms with E-state index in [1.54, 1.807) is 24.4 Å². The van der Waals surface area contributed by atoms with E-state index in [-0.39, 0.29) is 12.5 Å². The van der Waals surface area contributed by atoms with Crippen LogP contribution in [0.2, 0.25) is 0 Å². The van der Waals surface area contributed by atoms with Crippen molar-refractivity contribution in [2.45, 2.75) is 31.8 Å². The van der Waals surface area contributed by atoms with Crippen LogP contribution in [0.4, 0.5) is 5.13 Å². The van der Waals surface area contributed by atoms with E-state index in [0.717, 1.165) is 34.9 Å². The number of ether oxygens (including phenoxy) is 1. The van der Waals surface area contributed by atoms with E-state index in [2.05, 4.69) is 9.97 Å². The Morgan fingerprint density at radius 1 is 1.32 bits per heavy atom. The molecule has 1 aliphatic heterocycles. The van der Waals surface area contributed by atoms with Crippen molar-refractivity contribution >= 4 is 42.6 Å². The van der Waals surface area contributed by atoms with Crippen LogP contribution in [0.5, 0.6) is 5.75 Å². The van der Waals surface area contributed by atoms with E-state index in [0.29, 0.717) is 23.8 Å². The fourth-order valence-corrected chi connectivity index (χ4v) is 5.90. The highest BCUT2D eigenvalue weighted by Gasteiger charge is 2.38. The smallest absolute Gasteiger partial charge is 0.247 e. The zero-order valence-electron chi connectivity index (χ0n) is 17.4. The van der Waals surface area contributed by atoms with Crippen molar-refractivity contribution in [3.8, 4) is 5.75 Å². The summed E-state index contributed by atoms with van der Waals surface area (Å²) >= 11 is 1.38. The Balaban J connectivity index is 1.74. The maximum atomic E-state index is 13.7. The van der Waals surface area contributed by atoms with Crippen LogP contribution in [0, 0.1) is 0 Å². The molecule has 0 radical (unpaired) electrons. The summed E-state index contributed by atoms with van der Waals surface area (Å²) in [7, 11) is -1.90. The molecule has 1 aromatic carbocycles. The summed E-state index contributed by atoms with van der Waals surface area (Å²) in [5.74, 6) is 0.448. The fraction of sp³-hybridized carbons (Fsp3) is 0.381. The second-order valence-corrected chi connectivity index (χ2v) is 10.4. The number of benzene rings is 1. The van der Waals surface area contributed by atoms with Gasteiger partial charge in [-0.15, -0.1) is 0 Å². The van der Waals surface area contributed by atoms with Crippen molar-refractivity contribution in [1.29, 1.82) is 0 Å². The number of thiazole rings is 1. The summed E-state index contributed by atoms with van der Waals surface area (Å²) in [4.78, 5) is 24.1. The minimum absolute atomic E-state index is 0.262. The molecule has 0 N–H and O–H groups in total. The molecule has 31 heavy (non-hydrogen) atoms. The van der Waals surface area contributed by atoms with Crippen LogP contribution >= 0.6 is 11.3 Å². The third-order valence-electron chi connectivity index (χ3n) is 5.31. The number of carbonyl (C=O) groups is 1. The number of fused-ring (bicyclic) bond motifs is 1. The number of methoxy groups -OCH3 is 1. The molecule has 1 fully saturated rings. The number of sulfonamides is 1. The fourth-order valence-electron chi connectivity index (χ4n) is 3.78. The lowest BCUT2D eigenvalue weighted by atomic mass is 10.0. The summed E-state index contributed by atoms with van der Waals surface area (Å²) in [5.41, 5.74) is 1.60. The lowest BCUT2D eigenvalue weighted by molar-refractivity contribution is -0.123. The zero-order chi connectivity index (χ0) is 22.0. The number of piperidine rings is 1. The van der Waals surface area contributed by atoms with Gasteiger partial charge in [-0.2, -0.15) is 4.31 Å². The van der Waals surface area contributed by atoms with Gasteiger partial charge in [0.15, 0.2) is 5.13 Å². The van der Waals surface area contributed by atoms with E-state index < -0.39 is 16.1 Å². The maximum absolute atomic E-state index is 13.7. The highest BCUT2D eigenvalue weighted by molar-refractivity contribution is 7.88. The Labute approximate surface area is 185 Å². The molecule has 3 heterocycles. The van der Waals surface area contributed by atoms with Gasteiger partial charge in [-0.05, 0) is 42.7 Å². The molecule has 2 aromatic heterocycles. The predicted octanol–water partition coefficient (Wildman–Crippen LogP) is 3.05. The van der Waals surface area contributed by atoms with Crippen molar-refractivity contribution in [3.63, 3.8) is 0 Å². The Hall–Kier alpha value is -2.56. The van der Waals surface area contributed by atoms with Gasteiger partial charge in [-0.25, -0.2) is 13.4 Å². The van der Waals surface area contributed by atoms with Gasteiger partial charge in [-0.3, -0.25) is 14.7 Å². The van der Waals surface area contributed by atoms with Crippen molar-refractivity contribution in [2.75, 3.05) is 24.8 Å². The second kappa shape index (κ2) is 8.89. The highest BCUT2D eigenvalue weighted by Crippen LogP contribution is 2.34. The molecule has 164 valence electrons. The molecule has 0 spiro atoms. The molecule has 1 amide bonds. The van der Waals surface area contributed by atoms with Crippen LogP contribution in [0.15, 0.2) is 42.7 Å². The number of rotatable bonds is 6. The van der Waals surface area contributed by atoms with Gasteiger partial charge in [0.2, 0.25) is 15.9 Å². The number of amides is 1. The van der Waals surface area contributed by atoms with Gasteiger partial charge in [0, 0.05) is 18.9 Å². The van der Waals surface area contributed by atoms with Crippen LogP contribution in [0.3, 0.4) is 0 Å². The first kappa shape index (κ1) is 21.7. The van der Waals surface area contributed by atoms with Gasteiger partial charge in [0.1, 0.15) is 11.8 Å². The van der Waals surface area contributed by atoms with Crippen molar-refractivity contribution in [2.24, 2.45) is 0 Å². The van der Waals surface area contributed by atoms with Gasteiger partial charge in [-0.1, -0.05) is 23.8 Å². The Morgan fingerprint density at radius 2 is 2.16 bits per heavy atom. The molecule has 1 aliphatic rings. The molecule has 0 aliphatic carbocycles. The summed E-state index contributed by atoms with van der Waals surface area (Å²) in [6, 6.07) is 8.52. The standard InChI is InChI=1S/C21H24N4O4S2/c1-29-16-8-9-17-19(12-16)30-21(23-17)24(14-15-6-5-10-22-13-15)20(26)18-7-3-4-11-25(18)31(2,27)28/h5-6,8-10,12-13,18H,3-4,7,11,14H2,1-2H3. The van der Waals surface area contributed by atoms with E-state index in [1.165, 1.54) is 15.6 Å². The number of anilines is 1. The number of pyridine rings is 1. The van der Waals surface area contributed by atoms with Crippen LogP contribution in [0.1, 0.15) is 24.8 Å². The third kappa shape index (κ3) is 4.70. The largest absolute Gasteiger partial charge is 0.497 e. The Morgan fingerprint density at radius 3 is 2.87 bits per heavy atom. The summed E-state index contributed by atoms with van der Waals surface area (Å²) in [6.45, 7) is 0.616. The summed E-state index contributed by atoms with van der Waals surface area (Å²) in [5, 5.41) is 0.524. The van der Waals surface area contributed by atoms with Gasteiger partial charge in [0.25, 0.3) is 0 Å². The predicted molar refractivity (Wildman–Crippen MR) is 121 cm³/mol. The first-order chi connectivity index (χ1) is 14.9. The number of hydrogen-bond donors (Lipinski definition) is 0. The molecular formula is C21H24N4O4S2. The zero-order valence-corrected chi connectivity index (χ0v) is 19.0. The van der Waals surface area contributed by atoms with Crippen LogP contribution < -0.4 is 9.64 Å². The van der Waals surface area contributed by atoms with Gasteiger partial charge >= 0.3 is 0 Å². The lowest BCUT2D eigenvalue weighted by Crippen LogP contribution is -2.52. The van der Waals surface area contributed by atoms with Crippen LogP contribution in [0.25, 0.3) is 10.2 Å². The Kier molecular flexibility index (Phi) is 6.22. The highest BCUT2D eigenvalue weighted by atomic mass is 32.2. The molecule has 0 saturated carbocycles. The number of hydrogen-bond acceptors (Lipinski definition) is 7. The summed E-state index contributed by atoms with van der Waals surface area (Å²) < 4.78 is 32.2. The number of carbonyl (C=O) groups excluding carboxylic acids is 1. The molecule has 1 saturated heterocycles. The van der Waals surface area contributed by atoms with Crippen LogP contribution in [-0.4, -0.2) is 54.6 Å². The molecule has 8 nitrogen and oxygen atoms in total. The maximum Gasteiger partial charge on any atom is 0.247 e. The third-order valence-corrected chi connectivity index (χ3v) is 7.64. The monoisotopic (exact) mass is 460 g/mol. The molecule has 1 unspecified atom stereocenters. The van der Waals surface area contributed by atoms with Crippen molar-refractivity contribution in [3.05, 3.63) is 48.3 Å². The van der Waals surface area contributed by atoms with E-state index in [1.807, 2.05) is 30.3 Å². The minimum atomic E-state index is -3.50. The lowest BCUT2D eigenvalue weighted by Gasteiger charge is -2.35.